The maximum atomic E-state index is 11.6. The average molecular weight is 188 g/mol. The van der Waals surface area contributed by atoms with Crippen LogP contribution in [0.5, 0.6) is 0 Å². The molecule has 0 N–H and O–H groups in total. The zero-order valence-electron chi connectivity index (χ0n) is 6.06. The molecule has 0 unspecified atom stereocenters. The first-order chi connectivity index (χ1) is 4.58. The third-order valence-electron chi connectivity index (χ3n) is 1.01. The maximum Gasteiger partial charge on any atom is 1.00 e. The number of hydrogen-bond donors (Lipinski definition) is 0. The third-order valence-corrected chi connectivity index (χ3v) is 1.01. The summed E-state index contributed by atoms with van der Waals surface area (Å²) in [5.74, 6) is -0.0208. The van der Waals surface area contributed by atoms with Gasteiger partial charge in [0, 0.05) is 0 Å². The standard InChI is InChI=1S/C5H5BF3O.K/c7-6(8,9)4-5-2-1-3-10-5;/h1-3H,4H2;/q-1;+1. The Hall–Kier alpha value is 0.771. The van der Waals surface area contributed by atoms with E-state index in [2.05, 4.69) is 4.42 Å². The first-order valence-corrected chi connectivity index (χ1v) is 2.81. The molecule has 0 saturated carbocycles. The van der Waals surface area contributed by atoms with Crippen LogP contribution in [0.15, 0.2) is 22.8 Å². The van der Waals surface area contributed by atoms with Crippen LogP contribution in [0, 0.1) is 0 Å². The van der Waals surface area contributed by atoms with Crippen molar-refractivity contribution in [3.63, 3.8) is 0 Å². The molecule has 1 heterocycles. The van der Waals surface area contributed by atoms with E-state index in [1.54, 1.807) is 0 Å². The second-order valence-corrected chi connectivity index (χ2v) is 1.99. The maximum absolute atomic E-state index is 11.6. The smallest absolute Gasteiger partial charge is 0.472 e. The molecule has 11 heavy (non-hydrogen) atoms. The molecule has 56 valence electrons. The quantitative estimate of drug-likeness (QED) is 0.554. The van der Waals surface area contributed by atoms with E-state index in [0.29, 0.717) is 0 Å². The van der Waals surface area contributed by atoms with E-state index in [0.717, 1.165) is 0 Å². The summed E-state index contributed by atoms with van der Waals surface area (Å²) in [7, 11) is 0. The fraction of sp³-hybridized carbons (Fsp3) is 0.200. The third kappa shape index (κ3) is 5.08. The fourth-order valence-corrected chi connectivity index (χ4v) is 0.657. The molecule has 0 spiro atoms. The van der Waals surface area contributed by atoms with E-state index in [4.69, 9.17) is 0 Å². The van der Waals surface area contributed by atoms with Crippen LogP contribution in [0.2, 0.25) is 0 Å². The van der Waals surface area contributed by atoms with Gasteiger partial charge in [-0.25, -0.2) is 0 Å². The molecule has 0 aliphatic carbocycles. The van der Waals surface area contributed by atoms with Gasteiger partial charge in [-0.15, -0.1) is 0 Å². The SMILES string of the molecule is F[B-](F)(F)Cc1ccco1.[K+]. The number of rotatable bonds is 2. The molecule has 0 fully saturated rings. The van der Waals surface area contributed by atoms with E-state index in [-0.39, 0.29) is 57.1 Å². The molecule has 0 radical (unpaired) electrons. The first-order valence-electron chi connectivity index (χ1n) is 2.81. The van der Waals surface area contributed by atoms with Crippen molar-refractivity contribution in [2.75, 3.05) is 0 Å². The van der Waals surface area contributed by atoms with Gasteiger partial charge < -0.3 is 17.4 Å². The molecule has 0 aliphatic rings. The molecular weight excluding hydrogens is 183 g/mol. The van der Waals surface area contributed by atoms with Crippen LogP contribution in [0.4, 0.5) is 12.9 Å². The zero-order chi connectivity index (χ0) is 7.61. The van der Waals surface area contributed by atoms with Crippen molar-refractivity contribution < 1.29 is 68.7 Å². The van der Waals surface area contributed by atoms with Gasteiger partial charge in [0.15, 0.2) is 0 Å². The summed E-state index contributed by atoms with van der Waals surface area (Å²) in [6, 6.07) is 2.76. The zero-order valence-corrected chi connectivity index (χ0v) is 9.18. The van der Waals surface area contributed by atoms with Gasteiger partial charge in [0.1, 0.15) is 0 Å². The summed E-state index contributed by atoms with van der Waals surface area (Å²) in [6.07, 6.45) is 0.310. The molecule has 1 rings (SSSR count). The van der Waals surface area contributed by atoms with E-state index in [9.17, 15) is 12.9 Å². The molecule has 1 aromatic heterocycles. The molecule has 1 nitrogen and oxygen atoms in total. The molecule has 0 aromatic carbocycles. The minimum atomic E-state index is -4.75. The van der Waals surface area contributed by atoms with Crippen molar-refractivity contribution in [2.24, 2.45) is 0 Å². The minimum Gasteiger partial charge on any atom is -0.472 e. The van der Waals surface area contributed by atoms with Gasteiger partial charge in [-0.3, -0.25) is 0 Å². The fourth-order valence-electron chi connectivity index (χ4n) is 0.657. The van der Waals surface area contributed by atoms with Gasteiger partial charge in [-0.2, -0.15) is 0 Å². The minimum absolute atomic E-state index is 0. The summed E-state index contributed by atoms with van der Waals surface area (Å²) in [4.78, 5) is 0. The Labute approximate surface area is 105 Å². The molecule has 0 saturated heterocycles. The Morgan fingerprint density at radius 1 is 1.36 bits per heavy atom. The summed E-state index contributed by atoms with van der Waals surface area (Å²) >= 11 is 0. The summed E-state index contributed by atoms with van der Waals surface area (Å²) in [5, 5.41) is 0. The van der Waals surface area contributed by atoms with Crippen LogP contribution >= 0.6 is 0 Å². The largest absolute Gasteiger partial charge is 1.00 e. The first kappa shape index (κ1) is 11.8. The number of hydrogen-bond acceptors (Lipinski definition) is 1. The summed E-state index contributed by atoms with van der Waals surface area (Å²) < 4.78 is 39.4. The Bertz CT molecular complexity index is 196. The van der Waals surface area contributed by atoms with Gasteiger partial charge in [-0.05, 0) is 18.5 Å². The molecule has 0 amide bonds. The topological polar surface area (TPSA) is 13.1 Å². The van der Waals surface area contributed by atoms with Gasteiger partial charge in [0.2, 0.25) is 0 Å². The molecule has 1 aromatic rings. The monoisotopic (exact) mass is 188 g/mol. The normalized spacial score (nSPS) is 10.8. The van der Waals surface area contributed by atoms with E-state index < -0.39 is 13.3 Å². The van der Waals surface area contributed by atoms with Crippen molar-refractivity contribution >= 4 is 6.98 Å². The van der Waals surface area contributed by atoms with Gasteiger partial charge in [0.25, 0.3) is 0 Å². The van der Waals surface area contributed by atoms with Gasteiger partial charge >= 0.3 is 58.4 Å². The van der Waals surface area contributed by atoms with Crippen molar-refractivity contribution in [1.82, 2.24) is 0 Å². The Kier molecular flexibility index (Phi) is 5.04. The van der Waals surface area contributed by atoms with Crippen LogP contribution in [0.25, 0.3) is 0 Å². The van der Waals surface area contributed by atoms with E-state index in [1.165, 1.54) is 18.4 Å². The Morgan fingerprint density at radius 3 is 2.36 bits per heavy atom. The molecule has 0 bridgehead atoms. The predicted octanol–water partition coefficient (Wildman–Crippen LogP) is -0.787. The average Bonchev–Trinajstić information content (AvgIpc) is 2.12. The molecule has 0 aliphatic heterocycles. The van der Waals surface area contributed by atoms with E-state index >= 15 is 0 Å². The number of furan rings is 1. The second-order valence-electron chi connectivity index (χ2n) is 1.99. The molecule has 0 atom stereocenters. The molecular formula is C5H5BF3KO. The Balaban J connectivity index is 0.000001000. The van der Waals surface area contributed by atoms with E-state index in [1.807, 2.05) is 0 Å². The van der Waals surface area contributed by atoms with Crippen molar-refractivity contribution in [3.05, 3.63) is 24.2 Å². The van der Waals surface area contributed by atoms with Crippen LogP contribution < -0.4 is 51.4 Å². The Morgan fingerprint density at radius 2 is 2.00 bits per heavy atom. The van der Waals surface area contributed by atoms with Crippen LogP contribution in [-0.4, -0.2) is 6.98 Å². The number of halogens is 3. The summed E-state index contributed by atoms with van der Waals surface area (Å²) in [6.45, 7) is -4.75. The predicted molar refractivity (Wildman–Crippen MR) is 31.5 cm³/mol. The van der Waals surface area contributed by atoms with Crippen LogP contribution in [0.3, 0.4) is 0 Å². The van der Waals surface area contributed by atoms with Gasteiger partial charge in [0.05, 0.1) is 12.0 Å². The summed E-state index contributed by atoms with van der Waals surface area (Å²) in [5.41, 5.74) is 0. The van der Waals surface area contributed by atoms with Crippen LogP contribution in [0.1, 0.15) is 5.76 Å². The van der Waals surface area contributed by atoms with Gasteiger partial charge in [-0.1, -0.05) is 0 Å². The van der Waals surface area contributed by atoms with Crippen molar-refractivity contribution in [1.29, 1.82) is 0 Å². The van der Waals surface area contributed by atoms with Crippen LogP contribution in [-0.2, 0) is 6.32 Å². The molecule has 6 heteroatoms. The second kappa shape index (κ2) is 4.71. The van der Waals surface area contributed by atoms with Crippen molar-refractivity contribution in [2.45, 2.75) is 6.32 Å². The van der Waals surface area contributed by atoms with Crippen molar-refractivity contribution in [3.8, 4) is 0 Å².